The normalized spacial score (nSPS) is 10.9. The highest BCUT2D eigenvalue weighted by Gasteiger charge is 2.05. The smallest absolute Gasteiger partial charge is 0.218 e. The van der Waals surface area contributed by atoms with Crippen molar-refractivity contribution in [3.8, 4) is 5.88 Å². The average Bonchev–Trinajstić information content (AvgIpc) is 2.96. The Bertz CT molecular complexity index is 690. The van der Waals surface area contributed by atoms with Crippen molar-refractivity contribution in [3.05, 3.63) is 29.3 Å². The number of anilines is 1. The summed E-state index contributed by atoms with van der Waals surface area (Å²) in [6.45, 7) is 2.72. The van der Waals surface area contributed by atoms with Crippen molar-refractivity contribution in [1.82, 2.24) is 24.6 Å². The van der Waals surface area contributed by atoms with Crippen molar-refractivity contribution in [2.45, 2.75) is 13.3 Å². The van der Waals surface area contributed by atoms with Gasteiger partial charge >= 0.3 is 0 Å². The number of ether oxygens (including phenoxy) is 1. The molecule has 0 aromatic carbocycles. The highest BCUT2D eigenvalue weighted by Crippen LogP contribution is 2.14. The molecule has 0 saturated heterocycles. The minimum Gasteiger partial charge on any atom is -0.481 e. The van der Waals surface area contributed by atoms with Gasteiger partial charge in [0.25, 0.3) is 0 Å². The second-order valence-corrected chi connectivity index (χ2v) is 5.36. The predicted molar refractivity (Wildman–Crippen MR) is 76.4 cm³/mol. The molecule has 3 rings (SSSR count). The quantitative estimate of drug-likeness (QED) is 0.768. The monoisotopic (exact) mass is 290 g/mol. The van der Waals surface area contributed by atoms with Crippen LogP contribution >= 0.6 is 11.3 Å². The third-order valence-electron chi connectivity index (χ3n) is 2.73. The zero-order valence-corrected chi connectivity index (χ0v) is 12.0. The number of rotatable bonds is 5. The molecule has 0 spiro atoms. The van der Waals surface area contributed by atoms with Gasteiger partial charge in [-0.3, -0.25) is 0 Å². The molecular formula is C12H14N6OS. The largest absolute Gasteiger partial charge is 0.481 e. The molecule has 0 aliphatic heterocycles. The summed E-state index contributed by atoms with van der Waals surface area (Å²) in [6, 6.07) is 1.76. The van der Waals surface area contributed by atoms with Crippen molar-refractivity contribution < 1.29 is 4.74 Å². The Kier molecular flexibility index (Phi) is 3.46. The van der Waals surface area contributed by atoms with E-state index in [1.165, 1.54) is 6.33 Å². The number of nitrogens with one attached hydrogen (secondary N) is 1. The second kappa shape index (κ2) is 5.41. The van der Waals surface area contributed by atoms with E-state index in [0.29, 0.717) is 5.88 Å². The molecule has 0 saturated carbocycles. The Morgan fingerprint density at radius 2 is 2.30 bits per heavy atom. The Morgan fingerprint density at radius 3 is 3.10 bits per heavy atom. The van der Waals surface area contributed by atoms with Crippen molar-refractivity contribution in [2.75, 3.05) is 19.0 Å². The summed E-state index contributed by atoms with van der Waals surface area (Å²) < 4.78 is 6.87. The van der Waals surface area contributed by atoms with Gasteiger partial charge in [0.15, 0.2) is 0 Å². The molecule has 0 fully saturated rings. The summed E-state index contributed by atoms with van der Waals surface area (Å²) in [5, 5.41) is 8.57. The van der Waals surface area contributed by atoms with Crippen LogP contribution in [0.5, 0.6) is 5.88 Å². The first-order valence-electron chi connectivity index (χ1n) is 6.16. The molecule has 0 bridgehead atoms. The van der Waals surface area contributed by atoms with E-state index in [4.69, 9.17) is 4.74 Å². The summed E-state index contributed by atoms with van der Waals surface area (Å²) in [5.41, 5.74) is 1.01. The van der Waals surface area contributed by atoms with Gasteiger partial charge in [0.05, 0.1) is 19.0 Å². The molecule has 3 heterocycles. The maximum Gasteiger partial charge on any atom is 0.218 e. The van der Waals surface area contributed by atoms with Gasteiger partial charge < -0.3 is 10.1 Å². The van der Waals surface area contributed by atoms with Crippen molar-refractivity contribution in [3.63, 3.8) is 0 Å². The molecule has 7 nitrogen and oxygen atoms in total. The first kappa shape index (κ1) is 12.8. The fraction of sp³-hybridized carbons (Fsp3) is 0.333. The number of aryl methyl sites for hydroxylation is 1. The molecule has 0 atom stereocenters. The third kappa shape index (κ3) is 2.69. The van der Waals surface area contributed by atoms with Crippen LogP contribution in [0.1, 0.15) is 10.7 Å². The van der Waals surface area contributed by atoms with Crippen molar-refractivity contribution >= 4 is 22.1 Å². The van der Waals surface area contributed by atoms with Crippen LogP contribution in [0.25, 0.3) is 4.96 Å². The molecule has 20 heavy (non-hydrogen) atoms. The molecule has 0 aliphatic carbocycles. The zero-order valence-electron chi connectivity index (χ0n) is 11.2. The van der Waals surface area contributed by atoms with Gasteiger partial charge in [0, 0.05) is 19.0 Å². The Balaban J connectivity index is 1.60. The first-order valence-corrected chi connectivity index (χ1v) is 6.98. The summed E-state index contributed by atoms with van der Waals surface area (Å²) in [7, 11) is 1.58. The van der Waals surface area contributed by atoms with E-state index in [-0.39, 0.29) is 0 Å². The van der Waals surface area contributed by atoms with Gasteiger partial charge in [0.1, 0.15) is 17.2 Å². The summed E-state index contributed by atoms with van der Waals surface area (Å²) >= 11 is 1.59. The molecule has 3 aromatic rings. The lowest BCUT2D eigenvalue weighted by Crippen LogP contribution is -2.07. The topological polar surface area (TPSA) is 77.2 Å². The van der Waals surface area contributed by atoms with Gasteiger partial charge in [-0.05, 0) is 6.92 Å². The molecule has 0 amide bonds. The van der Waals surface area contributed by atoms with E-state index in [9.17, 15) is 0 Å². The van der Waals surface area contributed by atoms with Crippen LogP contribution < -0.4 is 10.1 Å². The molecule has 0 unspecified atom stereocenters. The fourth-order valence-corrected chi connectivity index (χ4v) is 2.57. The molecule has 8 heteroatoms. The summed E-state index contributed by atoms with van der Waals surface area (Å²) in [5.74, 6) is 1.29. The lowest BCUT2D eigenvalue weighted by molar-refractivity contribution is 0.397. The van der Waals surface area contributed by atoms with E-state index in [2.05, 4.69) is 25.4 Å². The Hall–Kier alpha value is -2.22. The fourth-order valence-electron chi connectivity index (χ4n) is 1.83. The summed E-state index contributed by atoms with van der Waals surface area (Å²) in [4.78, 5) is 13.5. The van der Waals surface area contributed by atoms with Gasteiger partial charge in [0.2, 0.25) is 10.8 Å². The minimum absolute atomic E-state index is 0.546. The number of hydrogen-bond donors (Lipinski definition) is 1. The van der Waals surface area contributed by atoms with E-state index < -0.39 is 0 Å². The molecular weight excluding hydrogens is 276 g/mol. The lowest BCUT2D eigenvalue weighted by atomic mass is 10.3. The maximum absolute atomic E-state index is 5.05. The average molecular weight is 290 g/mol. The van der Waals surface area contributed by atoms with E-state index in [0.717, 1.165) is 34.4 Å². The van der Waals surface area contributed by atoms with E-state index in [1.807, 2.05) is 17.6 Å². The van der Waals surface area contributed by atoms with Crippen LogP contribution in [0, 0.1) is 6.92 Å². The predicted octanol–water partition coefficient (Wildman–Crippen LogP) is 1.55. The van der Waals surface area contributed by atoms with Crippen LogP contribution in [0.2, 0.25) is 0 Å². The highest BCUT2D eigenvalue weighted by molar-refractivity contribution is 7.16. The molecule has 1 N–H and O–H groups in total. The van der Waals surface area contributed by atoms with Crippen molar-refractivity contribution in [2.24, 2.45) is 0 Å². The second-order valence-electron chi connectivity index (χ2n) is 4.20. The molecule has 104 valence electrons. The number of hydrogen-bond acceptors (Lipinski definition) is 7. The number of fused-ring (bicyclic) bond motifs is 1. The Labute approximate surface area is 119 Å². The van der Waals surface area contributed by atoms with E-state index in [1.54, 1.807) is 24.5 Å². The van der Waals surface area contributed by atoms with E-state index >= 15 is 0 Å². The minimum atomic E-state index is 0.546. The number of imidazole rings is 1. The third-order valence-corrected chi connectivity index (χ3v) is 3.57. The Morgan fingerprint density at radius 1 is 1.40 bits per heavy atom. The molecule has 0 radical (unpaired) electrons. The molecule has 3 aromatic heterocycles. The van der Waals surface area contributed by atoms with Gasteiger partial charge in [-0.1, -0.05) is 11.3 Å². The molecule has 0 aliphatic rings. The first-order chi connectivity index (χ1) is 9.74. The van der Waals surface area contributed by atoms with Crippen LogP contribution in [0.3, 0.4) is 0 Å². The van der Waals surface area contributed by atoms with Crippen molar-refractivity contribution in [1.29, 1.82) is 0 Å². The number of nitrogens with zero attached hydrogens (tertiary/aromatic N) is 5. The SMILES string of the molecule is COc1cc(NCCc2cn3nc(C)sc3n2)ncn1. The summed E-state index contributed by atoms with van der Waals surface area (Å²) in [6.07, 6.45) is 4.24. The highest BCUT2D eigenvalue weighted by atomic mass is 32.1. The van der Waals surface area contributed by atoms with Gasteiger partial charge in [-0.2, -0.15) is 5.10 Å². The van der Waals surface area contributed by atoms with Crippen LogP contribution in [0.4, 0.5) is 5.82 Å². The number of aromatic nitrogens is 5. The van der Waals surface area contributed by atoms with Crippen LogP contribution in [-0.2, 0) is 6.42 Å². The van der Waals surface area contributed by atoms with Crippen LogP contribution in [0.15, 0.2) is 18.6 Å². The standard InChI is InChI=1S/C12H14N6OS/c1-8-17-18-6-9(16-12(18)20-8)3-4-13-10-5-11(19-2)15-7-14-10/h5-7H,3-4H2,1-2H3,(H,13,14,15). The van der Waals surface area contributed by atoms with Gasteiger partial charge in [-0.25, -0.2) is 19.5 Å². The lowest BCUT2D eigenvalue weighted by Gasteiger charge is -2.04. The van der Waals surface area contributed by atoms with Gasteiger partial charge in [-0.15, -0.1) is 0 Å². The number of methoxy groups -OCH3 is 1. The maximum atomic E-state index is 5.05. The van der Waals surface area contributed by atoms with Crippen LogP contribution in [-0.4, -0.2) is 38.2 Å². The zero-order chi connectivity index (χ0) is 13.9.